The fraction of sp³-hybridized carbons (Fsp3) is 0.600. The van der Waals surface area contributed by atoms with E-state index in [0.29, 0.717) is 52.4 Å². The fourth-order valence-electron chi connectivity index (χ4n) is 3.69. The molecule has 2 fully saturated rings. The SMILES string of the molecule is CCN(CC)C(=O)N1C[C@@H](Oc2ccccc2)C[C@H]1C(=O)N1CCOCC1. The molecule has 0 aliphatic carbocycles. The number of hydrogen-bond donors (Lipinski definition) is 0. The van der Waals surface area contributed by atoms with E-state index >= 15 is 0 Å². The number of nitrogens with zero attached hydrogens (tertiary/aromatic N) is 3. The summed E-state index contributed by atoms with van der Waals surface area (Å²) in [6.45, 7) is 7.81. The third-order valence-electron chi connectivity index (χ3n) is 5.20. The number of hydrogen-bond acceptors (Lipinski definition) is 4. The Hall–Kier alpha value is -2.28. The highest BCUT2D eigenvalue weighted by Crippen LogP contribution is 2.26. The highest BCUT2D eigenvalue weighted by atomic mass is 16.5. The summed E-state index contributed by atoms with van der Waals surface area (Å²) < 4.78 is 11.4. The van der Waals surface area contributed by atoms with Crippen LogP contribution in [0.25, 0.3) is 0 Å². The van der Waals surface area contributed by atoms with Gasteiger partial charge in [-0.25, -0.2) is 4.79 Å². The lowest BCUT2D eigenvalue weighted by Gasteiger charge is -2.34. The molecule has 1 aromatic rings. The van der Waals surface area contributed by atoms with E-state index in [4.69, 9.17) is 9.47 Å². The molecule has 0 aromatic heterocycles. The van der Waals surface area contributed by atoms with Crippen LogP contribution < -0.4 is 4.74 Å². The van der Waals surface area contributed by atoms with E-state index in [1.807, 2.05) is 49.1 Å². The average Bonchev–Trinajstić information content (AvgIpc) is 3.13. The number of ether oxygens (including phenoxy) is 2. The molecule has 2 aliphatic heterocycles. The minimum absolute atomic E-state index is 0.00188. The van der Waals surface area contributed by atoms with E-state index < -0.39 is 6.04 Å². The summed E-state index contributed by atoms with van der Waals surface area (Å²) in [6, 6.07) is 8.98. The van der Waals surface area contributed by atoms with Gasteiger partial charge in [0.15, 0.2) is 0 Å². The Morgan fingerprint density at radius 2 is 1.81 bits per heavy atom. The lowest BCUT2D eigenvalue weighted by molar-refractivity contribution is -0.139. The monoisotopic (exact) mass is 375 g/mol. The van der Waals surface area contributed by atoms with Crippen LogP contribution in [-0.4, -0.2) is 84.7 Å². The maximum atomic E-state index is 13.1. The summed E-state index contributed by atoms with van der Waals surface area (Å²) in [6.07, 6.45) is 0.319. The minimum atomic E-state index is -0.482. The third kappa shape index (κ3) is 4.53. The first-order valence-corrected chi connectivity index (χ1v) is 9.77. The summed E-state index contributed by atoms with van der Waals surface area (Å²) in [5.41, 5.74) is 0. The zero-order chi connectivity index (χ0) is 19.2. The normalized spacial score (nSPS) is 22.6. The zero-order valence-corrected chi connectivity index (χ0v) is 16.2. The first kappa shape index (κ1) is 19.5. The van der Waals surface area contributed by atoms with Crippen LogP contribution in [0, 0.1) is 0 Å². The molecule has 0 radical (unpaired) electrons. The summed E-state index contributed by atoms with van der Waals surface area (Å²) in [7, 11) is 0. The van der Waals surface area contributed by atoms with Crippen molar-refractivity contribution in [1.82, 2.24) is 14.7 Å². The number of likely N-dealkylation sites (tertiary alicyclic amines) is 1. The lowest BCUT2D eigenvalue weighted by Crippen LogP contribution is -2.53. The van der Waals surface area contributed by atoms with Gasteiger partial charge in [-0.3, -0.25) is 4.79 Å². The Labute approximate surface area is 160 Å². The number of rotatable bonds is 5. The standard InChI is InChI=1S/C20H29N3O4/c1-3-21(4-2)20(25)23-15-17(27-16-8-6-5-7-9-16)14-18(23)19(24)22-10-12-26-13-11-22/h5-9,17-18H,3-4,10-15H2,1-2H3/t17-,18-/m0/s1. The van der Waals surface area contributed by atoms with Gasteiger partial charge in [0, 0.05) is 32.6 Å². The van der Waals surface area contributed by atoms with Gasteiger partial charge >= 0.3 is 6.03 Å². The Balaban J connectivity index is 1.75. The molecule has 2 heterocycles. The van der Waals surface area contributed by atoms with Crippen LogP contribution in [0.4, 0.5) is 4.79 Å². The van der Waals surface area contributed by atoms with Crippen LogP contribution in [0.3, 0.4) is 0 Å². The smallest absolute Gasteiger partial charge is 0.320 e. The Kier molecular flexibility index (Phi) is 6.55. The van der Waals surface area contributed by atoms with Crippen LogP contribution in [0.15, 0.2) is 30.3 Å². The van der Waals surface area contributed by atoms with Crippen molar-refractivity contribution in [2.45, 2.75) is 32.4 Å². The van der Waals surface area contributed by atoms with Crippen molar-refractivity contribution in [2.24, 2.45) is 0 Å². The Morgan fingerprint density at radius 3 is 2.44 bits per heavy atom. The summed E-state index contributed by atoms with van der Waals surface area (Å²) in [5.74, 6) is 0.759. The molecule has 2 atom stereocenters. The molecule has 7 nitrogen and oxygen atoms in total. The lowest BCUT2D eigenvalue weighted by atomic mass is 10.1. The first-order chi connectivity index (χ1) is 13.1. The van der Waals surface area contributed by atoms with Gasteiger partial charge in [0.05, 0.1) is 19.8 Å². The van der Waals surface area contributed by atoms with Gasteiger partial charge in [0.25, 0.3) is 0 Å². The van der Waals surface area contributed by atoms with Crippen molar-refractivity contribution >= 4 is 11.9 Å². The quantitative estimate of drug-likeness (QED) is 0.788. The molecular formula is C20H29N3O4. The van der Waals surface area contributed by atoms with E-state index in [1.54, 1.807) is 9.80 Å². The number of carbonyl (C=O) groups is 2. The van der Waals surface area contributed by atoms with Crippen molar-refractivity contribution in [1.29, 1.82) is 0 Å². The second-order valence-electron chi connectivity index (χ2n) is 6.85. The highest BCUT2D eigenvalue weighted by Gasteiger charge is 2.43. The van der Waals surface area contributed by atoms with Gasteiger partial charge in [-0.2, -0.15) is 0 Å². The molecule has 0 spiro atoms. The van der Waals surface area contributed by atoms with Crippen LogP contribution in [0.1, 0.15) is 20.3 Å². The number of amides is 3. The molecule has 7 heteroatoms. The summed E-state index contributed by atoms with van der Waals surface area (Å²) in [4.78, 5) is 31.4. The molecule has 0 saturated carbocycles. The van der Waals surface area contributed by atoms with Crippen molar-refractivity contribution < 1.29 is 19.1 Å². The first-order valence-electron chi connectivity index (χ1n) is 9.77. The van der Waals surface area contributed by atoms with Gasteiger partial charge in [0.2, 0.25) is 5.91 Å². The fourth-order valence-corrected chi connectivity index (χ4v) is 3.69. The molecule has 3 amide bonds. The van der Waals surface area contributed by atoms with Crippen LogP contribution in [0.5, 0.6) is 5.75 Å². The van der Waals surface area contributed by atoms with Gasteiger partial charge in [-0.05, 0) is 26.0 Å². The molecule has 0 unspecified atom stereocenters. The zero-order valence-electron chi connectivity index (χ0n) is 16.2. The van der Waals surface area contributed by atoms with E-state index in [9.17, 15) is 9.59 Å². The van der Waals surface area contributed by atoms with Gasteiger partial charge in [-0.1, -0.05) is 18.2 Å². The van der Waals surface area contributed by atoms with Gasteiger partial charge in [0.1, 0.15) is 17.9 Å². The van der Waals surface area contributed by atoms with E-state index in [1.165, 1.54) is 0 Å². The maximum Gasteiger partial charge on any atom is 0.320 e. The van der Waals surface area contributed by atoms with Crippen molar-refractivity contribution in [2.75, 3.05) is 45.9 Å². The minimum Gasteiger partial charge on any atom is -0.488 e. The van der Waals surface area contributed by atoms with Crippen molar-refractivity contribution in [3.63, 3.8) is 0 Å². The molecule has 3 rings (SSSR count). The molecular weight excluding hydrogens is 346 g/mol. The second-order valence-corrected chi connectivity index (χ2v) is 6.85. The molecule has 0 bridgehead atoms. The van der Waals surface area contributed by atoms with Crippen LogP contribution >= 0.6 is 0 Å². The molecule has 27 heavy (non-hydrogen) atoms. The van der Waals surface area contributed by atoms with Gasteiger partial charge in [-0.15, -0.1) is 0 Å². The van der Waals surface area contributed by atoms with Crippen LogP contribution in [0.2, 0.25) is 0 Å². The summed E-state index contributed by atoms with van der Waals surface area (Å²) in [5, 5.41) is 0. The largest absolute Gasteiger partial charge is 0.488 e. The number of carbonyl (C=O) groups excluding carboxylic acids is 2. The average molecular weight is 375 g/mol. The van der Waals surface area contributed by atoms with E-state index in [-0.39, 0.29) is 18.0 Å². The van der Waals surface area contributed by atoms with Crippen LogP contribution in [-0.2, 0) is 9.53 Å². The number of morpholine rings is 1. The molecule has 2 aliphatic rings. The maximum absolute atomic E-state index is 13.1. The predicted octanol–water partition coefficient (Wildman–Crippen LogP) is 1.83. The Bertz CT molecular complexity index is 629. The molecule has 1 aromatic carbocycles. The van der Waals surface area contributed by atoms with Crippen molar-refractivity contribution in [3.8, 4) is 5.75 Å². The molecule has 2 saturated heterocycles. The number of benzene rings is 1. The topological polar surface area (TPSA) is 62.3 Å². The second kappa shape index (κ2) is 9.08. The summed E-state index contributed by atoms with van der Waals surface area (Å²) >= 11 is 0. The third-order valence-corrected chi connectivity index (χ3v) is 5.20. The van der Waals surface area contributed by atoms with E-state index in [2.05, 4.69) is 0 Å². The molecule has 0 N–H and O–H groups in total. The highest BCUT2D eigenvalue weighted by molar-refractivity contribution is 5.88. The van der Waals surface area contributed by atoms with Gasteiger partial charge < -0.3 is 24.2 Å². The number of para-hydroxylation sites is 1. The Morgan fingerprint density at radius 1 is 1.15 bits per heavy atom. The van der Waals surface area contributed by atoms with Crippen molar-refractivity contribution in [3.05, 3.63) is 30.3 Å². The predicted molar refractivity (Wildman–Crippen MR) is 102 cm³/mol. The van der Waals surface area contributed by atoms with E-state index in [0.717, 1.165) is 5.75 Å². The molecule has 148 valence electrons. The number of urea groups is 1.